The SMILES string of the molecule is CC(C)(C)OC(=O)NCc1cn(-c2cccc(NC(=O)N3c4nc(-c5cccc(C(F)(F)F)c5)ccc4N4CC[C@H]3C4)c2)nn1.NCCCCCC(=O)NCc1cn(-c2cccc(NC(=O)N3c4nc(-c5cccc(C(F)(F)F)c5)ccc4N4CC[C@H]3C4)c2)nn1. The molecule has 2 atom stereocenters. The molecule has 4 aromatic carbocycles. The molecule has 4 bridgehead atoms. The van der Waals surface area contributed by atoms with Crippen LogP contribution in [0.4, 0.5) is 75.1 Å². The normalized spacial score (nSPS) is 15.7. The van der Waals surface area contributed by atoms with Crippen LogP contribution >= 0.6 is 0 Å². The van der Waals surface area contributed by atoms with Crippen molar-refractivity contribution in [2.24, 2.45) is 5.73 Å². The highest BCUT2D eigenvalue weighted by Crippen LogP contribution is 2.43. The Morgan fingerprint density at radius 2 is 1.05 bits per heavy atom. The number of nitrogens with one attached hydrogen (secondary N) is 4. The molecule has 22 nitrogen and oxygen atoms in total. The third kappa shape index (κ3) is 14.8. The molecule has 8 heterocycles. The molecule has 4 aliphatic rings. The predicted octanol–water partition coefficient (Wildman–Crippen LogP) is 11.1. The first kappa shape index (κ1) is 62.5. The van der Waals surface area contributed by atoms with Gasteiger partial charge in [0.05, 0.1) is 82.8 Å². The lowest BCUT2D eigenvalue weighted by Gasteiger charge is -2.36. The van der Waals surface area contributed by atoms with Crippen LogP contribution in [0.1, 0.15) is 81.8 Å². The van der Waals surface area contributed by atoms with Gasteiger partial charge in [-0.3, -0.25) is 14.6 Å². The summed E-state index contributed by atoms with van der Waals surface area (Å²) in [5.74, 6) is 0.739. The van der Waals surface area contributed by atoms with E-state index < -0.39 is 47.2 Å². The van der Waals surface area contributed by atoms with E-state index in [0.29, 0.717) is 94.3 Å². The lowest BCUT2D eigenvalue weighted by molar-refractivity contribution is -0.138. The molecule has 0 unspecified atom stereocenters. The molecule has 474 valence electrons. The van der Waals surface area contributed by atoms with Gasteiger partial charge in [-0.15, -0.1) is 10.2 Å². The molecular weight excluding hydrogens is 1190 g/mol. The van der Waals surface area contributed by atoms with E-state index in [1.807, 2.05) is 12.1 Å². The summed E-state index contributed by atoms with van der Waals surface area (Å²) in [6, 6.07) is 30.0. The van der Waals surface area contributed by atoms with Crippen molar-refractivity contribution in [1.82, 2.24) is 50.6 Å². The lowest BCUT2D eigenvalue weighted by atomic mass is 10.1. The Bertz CT molecular complexity index is 3980. The number of alkyl halides is 6. The fourth-order valence-corrected chi connectivity index (χ4v) is 11.2. The van der Waals surface area contributed by atoms with Crippen LogP contribution in [-0.4, -0.2) is 114 Å². The van der Waals surface area contributed by atoms with Crippen molar-refractivity contribution >= 4 is 58.4 Å². The maximum absolute atomic E-state index is 13.8. The Labute approximate surface area is 518 Å². The number of pyridine rings is 2. The van der Waals surface area contributed by atoms with E-state index in [-0.39, 0.29) is 31.1 Å². The molecule has 8 aromatic rings. The number of rotatable bonds is 15. The van der Waals surface area contributed by atoms with Gasteiger partial charge in [0.25, 0.3) is 0 Å². The first-order chi connectivity index (χ1) is 43.5. The molecule has 12 rings (SSSR count). The van der Waals surface area contributed by atoms with Crippen LogP contribution in [0.25, 0.3) is 33.9 Å². The monoisotopic (exact) mass is 1250 g/mol. The van der Waals surface area contributed by atoms with E-state index in [1.165, 1.54) is 16.8 Å². The van der Waals surface area contributed by atoms with Crippen molar-refractivity contribution in [3.63, 3.8) is 0 Å². The molecule has 0 spiro atoms. The van der Waals surface area contributed by atoms with Crippen LogP contribution in [-0.2, 0) is 35.0 Å². The minimum Gasteiger partial charge on any atom is -0.444 e. The molecular formula is C63H65F6N17O5. The largest absolute Gasteiger partial charge is 0.444 e. The van der Waals surface area contributed by atoms with E-state index in [9.17, 15) is 45.5 Å². The lowest BCUT2D eigenvalue weighted by Crippen LogP contribution is -2.48. The third-order valence-electron chi connectivity index (χ3n) is 15.5. The number of amides is 6. The number of ether oxygens (including phenoxy) is 1. The first-order valence-electron chi connectivity index (χ1n) is 29.6. The number of nitrogens with zero attached hydrogens (tertiary/aromatic N) is 12. The predicted molar refractivity (Wildman–Crippen MR) is 329 cm³/mol. The third-order valence-corrected chi connectivity index (χ3v) is 15.5. The van der Waals surface area contributed by atoms with Gasteiger partial charge in [0.1, 0.15) is 17.0 Å². The number of nitrogens with two attached hydrogens (primary N) is 1. The van der Waals surface area contributed by atoms with Crippen LogP contribution in [0.2, 0.25) is 0 Å². The van der Waals surface area contributed by atoms with Crippen molar-refractivity contribution in [3.05, 3.63) is 156 Å². The van der Waals surface area contributed by atoms with Crippen molar-refractivity contribution in [1.29, 1.82) is 0 Å². The van der Waals surface area contributed by atoms with Gasteiger partial charge in [-0.25, -0.2) is 33.7 Å². The summed E-state index contributed by atoms with van der Waals surface area (Å²) in [7, 11) is 0. The molecule has 4 aliphatic heterocycles. The van der Waals surface area contributed by atoms with E-state index in [4.69, 9.17) is 20.4 Å². The average molecular weight is 1250 g/mol. The molecule has 0 aliphatic carbocycles. The number of unbranched alkanes of at least 4 members (excludes halogenated alkanes) is 2. The molecule has 6 N–H and O–H groups in total. The summed E-state index contributed by atoms with van der Waals surface area (Å²) in [5.41, 5.74) is 9.53. The molecule has 2 fully saturated rings. The Morgan fingerprint density at radius 3 is 1.52 bits per heavy atom. The average Bonchev–Trinajstić information content (AvgIpc) is 1.73. The van der Waals surface area contributed by atoms with Gasteiger partial charge in [-0.05, 0) is 138 Å². The number of anilines is 6. The van der Waals surface area contributed by atoms with Gasteiger partial charge in [0.15, 0.2) is 11.6 Å². The van der Waals surface area contributed by atoms with Gasteiger partial charge < -0.3 is 41.5 Å². The second-order valence-electron chi connectivity index (χ2n) is 23.3. The van der Waals surface area contributed by atoms with Crippen LogP contribution in [0, 0.1) is 0 Å². The molecule has 4 aromatic heterocycles. The zero-order valence-electron chi connectivity index (χ0n) is 49.8. The van der Waals surface area contributed by atoms with Gasteiger partial charge in [-0.2, -0.15) is 26.3 Å². The maximum Gasteiger partial charge on any atom is 0.416 e. The zero-order chi connectivity index (χ0) is 64.2. The summed E-state index contributed by atoms with van der Waals surface area (Å²) in [6.07, 6.45) is -1.69. The minimum absolute atomic E-state index is 0.0580. The Morgan fingerprint density at radius 1 is 0.582 bits per heavy atom. The van der Waals surface area contributed by atoms with E-state index in [0.717, 1.165) is 80.8 Å². The van der Waals surface area contributed by atoms with Crippen molar-refractivity contribution in [3.8, 4) is 33.9 Å². The standard InChI is InChI=1S/C32H34F3N9O2.C31H31F3N8O3/c33-32(34,35)22-7-4-6-21(16-22)27-11-12-28-30(39-27)44(26-13-15-42(28)20-26)31(46)38-23-8-5-9-25(17-23)43-19-24(40-41-43)18-37-29(45)10-2-1-3-14-36;1-30(2,3)45-29(44)35-16-22-17-41(39-38-22)23-9-5-8-21(15-23)36-28(43)42-24-12-13-40(18-24)26-11-10-25(37-27(26)42)19-6-4-7-20(14-19)31(32,33)34/h4-9,11-12,16-17,19,26H,1-3,10,13-15,18,20,36H2,(H,37,45)(H,38,46);4-11,14-15,17,24H,12-13,16,18H2,1-3H3,(H,35,44)(H,36,43)/t26-;24-/m00/s1. The summed E-state index contributed by atoms with van der Waals surface area (Å²) in [5, 5.41) is 28.0. The zero-order valence-corrected chi connectivity index (χ0v) is 49.8. The quantitative estimate of drug-likeness (QED) is 0.0473. The number of benzene rings is 4. The number of fused-ring (bicyclic) bond motifs is 8. The fraction of sp³-hybridized carbons (Fsp3) is 0.333. The van der Waals surface area contributed by atoms with Crippen LogP contribution < -0.4 is 46.6 Å². The van der Waals surface area contributed by atoms with E-state index in [1.54, 1.807) is 120 Å². The molecule has 2 saturated heterocycles. The molecule has 0 radical (unpaired) electrons. The first-order valence-corrected chi connectivity index (χ1v) is 29.6. The number of carbonyl (C=O) groups excluding carboxylic acids is 4. The number of hydrogen-bond donors (Lipinski definition) is 5. The molecule has 0 saturated carbocycles. The summed E-state index contributed by atoms with van der Waals surface area (Å²) >= 11 is 0. The summed E-state index contributed by atoms with van der Waals surface area (Å²) in [4.78, 5) is 68.5. The summed E-state index contributed by atoms with van der Waals surface area (Å²) < 4.78 is 88.6. The summed E-state index contributed by atoms with van der Waals surface area (Å²) in [6.45, 7) is 9.04. The van der Waals surface area contributed by atoms with Crippen LogP contribution in [0.15, 0.2) is 134 Å². The van der Waals surface area contributed by atoms with Crippen molar-refractivity contribution in [2.45, 2.75) is 102 Å². The number of carbonyl (C=O) groups is 4. The number of hydrogen-bond acceptors (Lipinski definition) is 14. The maximum atomic E-state index is 13.8. The Hall–Kier alpha value is -10.1. The number of urea groups is 2. The Balaban J connectivity index is 0.000000187. The molecule has 91 heavy (non-hydrogen) atoms. The smallest absolute Gasteiger partial charge is 0.416 e. The van der Waals surface area contributed by atoms with Gasteiger partial charge in [-0.1, -0.05) is 53.2 Å². The number of alkyl carbamates (subject to hydrolysis) is 1. The van der Waals surface area contributed by atoms with Crippen molar-refractivity contribution in [2.75, 3.05) is 63.0 Å². The topological polar surface area (TPSA) is 252 Å². The number of halogens is 6. The van der Waals surface area contributed by atoms with E-state index >= 15 is 0 Å². The highest BCUT2D eigenvalue weighted by Gasteiger charge is 2.42. The highest BCUT2D eigenvalue weighted by atomic mass is 19.4. The van der Waals surface area contributed by atoms with E-state index in [2.05, 4.69) is 51.7 Å². The minimum atomic E-state index is -4.49. The van der Waals surface area contributed by atoms with Gasteiger partial charge in [0, 0.05) is 55.1 Å². The highest BCUT2D eigenvalue weighted by molar-refractivity contribution is 6.06. The second-order valence-corrected chi connectivity index (χ2v) is 23.3. The van der Waals surface area contributed by atoms with Crippen LogP contribution in [0.3, 0.4) is 0 Å². The Kier molecular flexibility index (Phi) is 18.0. The number of aromatic nitrogens is 8. The van der Waals surface area contributed by atoms with Crippen LogP contribution in [0.5, 0.6) is 0 Å². The fourth-order valence-electron chi connectivity index (χ4n) is 11.2. The second kappa shape index (κ2) is 26.1. The molecule has 6 amide bonds. The van der Waals surface area contributed by atoms with Gasteiger partial charge in [0.2, 0.25) is 5.91 Å². The van der Waals surface area contributed by atoms with Crippen molar-refractivity contribution < 1.29 is 50.3 Å². The van der Waals surface area contributed by atoms with Gasteiger partial charge >= 0.3 is 30.5 Å². The molecule has 28 heteroatoms.